The molecule has 1 aromatic carbocycles. The number of aryl methyl sites for hydroxylation is 1. The predicted molar refractivity (Wildman–Crippen MR) is 66.5 cm³/mol. The summed E-state index contributed by atoms with van der Waals surface area (Å²) in [5, 5.41) is 26.3. The third-order valence-corrected chi connectivity index (χ3v) is 3.49. The van der Waals surface area contributed by atoms with Crippen LogP contribution in [-0.4, -0.2) is 30.9 Å². The molecule has 7 heteroatoms. The van der Waals surface area contributed by atoms with Crippen molar-refractivity contribution in [1.29, 1.82) is 0 Å². The number of rotatable bonds is 2. The van der Waals surface area contributed by atoms with Crippen molar-refractivity contribution < 1.29 is 19.4 Å². The van der Waals surface area contributed by atoms with E-state index in [-0.39, 0.29) is 17.9 Å². The van der Waals surface area contributed by atoms with Gasteiger partial charge in [0.05, 0.1) is 11.5 Å². The van der Waals surface area contributed by atoms with E-state index in [0.717, 1.165) is 6.07 Å². The first-order valence-corrected chi connectivity index (χ1v) is 6.20. The molecule has 104 valence electrons. The molecule has 0 spiro atoms. The Labute approximate surface area is 113 Å². The number of phenolic OH excluding ortho intramolecular Hbond substituents is 1. The third-order valence-electron chi connectivity index (χ3n) is 3.49. The molecule has 0 bridgehead atoms. The highest BCUT2D eigenvalue weighted by Crippen LogP contribution is 2.28. The summed E-state index contributed by atoms with van der Waals surface area (Å²) in [6.07, 6.45) is 1.01. The fraction of sp³-hybridized carbons (Fsp3) is 0.308. The minimum absolute atomic E-state index is 0.173. The molecule has 0 saturated carbocycles. The molecule has 0 aliphatic carbocycles. The third kappa shape index (κ3) is 2.01. The summed E-state index contributed by atoms with van der Waals surface area (Å²) < 4.78 is 15.5. The Balaban J connectivity index is 2.04. The zero-order valence-corrected chi connectivity index (χ0v) is 10.5. The van der Waals surface area contributed by atoms with Gasteiger partial charge in [-0.2, -0.15) is 0 Å². The second-order valence-corrected chi connectivity index (χ2v) is 4.79. The summed E-state index contributed by atoms with van der Waals surface area (Å²) in [5.74, 6) is -1.22. The van der Waals surface area contributed by atoms with Gasteiger partial charge in [0.1, 0.15) is 17.4 Å². The molecule has 1 aliphatic rings. The molecule has 2 heterocycles. The molecule has 3 rings (SSSR count). The van der Waals surface area contributed by atoms with E-state index in [2.05, 4.69) is 10.2 Å². The summed E-state index contributed by atoms with van der Waals surface area (Å²) in [6.45, 7) is 0.229. The highest BCUT2D eigenvalue weighted by Gasteiger charge is 2.28. The Hall–Kier alpha value is -2.44. The molecule has 2 aromatic rings. The Bertz CT molecular complexity index is 683. The average Bonchev–Trinajstić information content (AvgIpc) is 2.81. The largest absolute Gasteiger partial charge is 0.508 e. The molecule has 0 amide bonds. The normalized spacial score (nSPS) is 17.8. The lowest BCUT2D eigenvalue weighted by Crippen LogP contribution is -2.27. The number of fused-ring (bicyclic) bond motifs is 1. The summed E-state index contributed by atoms with van der Waals surface area (Å²) in [4.78, 5) is 11.1. The molecule has 1 unspecified atom stereocenters. The first kappa shape index (κ1) is 12.6. The molecular formula is C13H12FN3O3. The quantitative estimate of drug-likeness (QED) is 0.867. The van der Waals surface area contributed by atoms with Crippen LogP contribution in [0.15, 0.2) is 18.2 Å². The van der Waals surface area contributed by atoms with Gasteiger partial charge in [0.25, 0.3) is 0 Å². The summed E-state index contributed by atoms with van der Waals surface area (Å²) in [7, 11) is 0. The second-order valence-electron chi connectivity index (χ2n) is 4.79. The summed E-state index contributed by atoms with van der Waals surface area (Å²) in [5.41, 5.74) is 0.201. The van der Waals surface area contributed by atoms with Crippen molar-refractivity contribution in [2.24, 2.45) is 5.92 Å². The van der Waals surface area contributed by atoms with Crippen LogP contribution < -0.4 is 0 Å². The molecular weight excluding hydrogens is 265 g/mol. The van der Waals surface area contributed by atoms with Crippen LogP contribution in [0.3, 0.4) is 0 Å². The molecule has 6 nitrogen and oxygen atoms in total. The van der Waals surface area contributed by atoms with E-state index in [1.807, 2.05) is 0 Å². The molecule has 0 radical (unpaired) electrons. The van der Waals surface area contributed by atoms with E-state index in [1.54, 1.807) is 4.57 Å². The number of aromatic hydroxyl groups is 1. The van der Waals surface area contributed by atoms with E-state index < -0.39 is 17.7 Å². The van der Waals surface area contributed by atoms with Crippen LogP contribution >= 0.6 is 0 Å². The Kier molecular flexibility index (Phi) is 2.89. The van der Waals surface area contributed by atoms with Gasteiger partial charge in [0, 0.05) is 19.0 Å². The number of nitrogens with zero attached hydrogens (tertiary/aromatic N) is 3. The van der Waals surface area contributed by atoms with Crippen LogP contribution in [0.1, 0.15) is 12.2 Å². The zero-order chi connectivity index (χ0) is 14.3. The first-order valence-electron chi connectivity index (χ1n) is 6.20. The number of aromatic nitrogens is 3. The van der Waals surface area contributed by atoms with E-state index in [9.17, 15) is 14.3 Å². The lowest BCUT2D eigenvalue weighted by Gasteiger charge is -2.21. The number of hydrogen-bond donors (Lipinski definition) is 2. The average molecular weight is 277 g/mol. The van der Waals surface area contributed by atoms with Crippen LogP contribution in [0, 0.1) is 11.7 Å². The van der Waals surface area contributed by atoms with Crippen molar-refractivity contribution in [3.8, 4) is 17.1 Å². The zero-order valence-electron chi connectivity index (χ0n) is 10.5. The topological polar surface area (TPSA) is 88.2 Å². The van der Waals surface area contributed by atoms with Crippen LogP contribution in [0.4, 0.5) is 4.39 Å². The highest BCUT2D eigenvalue weighted by molar-refractivity contribution is 5.70. The highest BCUT2D eigenvalue weighted by atomic mass is 19.1. The second kappa shape index (κ2) is 4.59. The molecule has 1 atom stereocenters. The number of benzene rings is 1. The van der Waals surface area contributed by atoms with E-state index in [0.29, 0.717) is 24.5 Å². The van der Waals surface area contributed by atoms with Crippen molar-refractivity contribution in [1.82, 2.24) is 14.8 Å². The van der Waals surface area contributed by atoms with Crippen molar-refractivity contribution in [3.05, 3.63) is 29.8 Å². The maximum Gasteiger partial charge on any atom is 0.308 e. The molecule has 1 aromatic heterocycles. The predicted octanol–water partition coefficient (Wildman–Crippen LogP) is 1.44. The van der Waals surface area contributed by atoms with Gasteiger partial charge in [0.2, 0.25) is 0 Å². The minimum atomic E-state index is -0.874. The van der Waals surface area contributed by atoms with E-state index in [1.165, 1.54) is 12.1 Å². The number of carboxylic acid groups (broad SMARTS) is 1. The van der Waals surface area contributed by atoms with Gasteiger partial charge >= 0.3 is 5.97 Å². The standard InChI is InChI=1S/C13H12FN3O3/c14-10-5-8(18)2-3-9(10)12-16-15-11-4-1-7(13(19)20)6-17(11)12/h2-3,5,7,18H,1,4,6H2,(H,19,20). The van der Waals surface area contributed by atoms with Crippen LogP contribution in [0.2, 0.25) is 0 Å². The fourth-order valence-electron chi connectivity index (χ4n) is 2.41. The number of carboxylic acids is 1. The van der Waals surface area contributed by atoms with Gasteiger partial charge in [0.15, 0.2) is 5.82 Å². The SMILES string of the molecule is O=C(O)C1CCc2nnc(-c3ccc(O)cc3F)n2C1. The number of hydrogen-bond acceptors (Lipinski definition) is 4. The fourth-order valence-corrected chi connectivity index (χ4v) is 2.41. The van der Waals surface area contributed by atoms with Crippen LogP contribution in [0.5, 0.6) is 5.75 Å². The number of aliphatic carboxylic acids is 1. The molecule has 1 aliphatic heterocycles. The molecule has 2 N–H and O–H groups in total. The smallest absolute Gasteiger partial charge is 0.308 e. The minimum Gasteiger partial charge on any atom is -0.508 e. The van der Waals surface area contributed by atoms with Gasteiger partial charge in [-0.1, -0.05) is 0 Å². The van der Waals surface area contributed by atoms with Crippen LogP contribution in [0.25, 0.3) is 11.4 Å². The summed E-state index contributed by atoms with van der Waals surface area (Å²) >= 11 is 0. The van der Waals surface area contributed by atoms with Crippen molar-refractivity contribution in [2.45, 2.75) is 19.4 Å². The van der Waals surface area contributed by atoms with Crippen molar-refractivity contribution in [2.75, 3.05) is 0 Å². The monoisotopic (exact) mass is 277 g/mol. The maximum absolute atomic E-state index is 13.9. The van der Waals surface area contributed by atoms with Crippen molar-refractivity contribution in [3.63, 3.8) is 0 Å². The van der Waals surface area contributed by atoms with Crippen LogP contribution in [-0.2, 0) is 17.8 Å². The van der Waals surface area contributed by atoms with Gasteiger partial charge < -0.3 is 14.8 Å². The lowest BCUT2D eigenvalue weighted by atomic mass is 9.99. The number of carbonyl (C=O) groups is 1. The Morgan fingerprint density at radius 3 is 2.90 bits per heavy atom. The van der Waals surface area contributed by atoms with Gasteiger partial charge in [-0.3, -0.25) is 4.79 Å². The van der Waals surface area contributed by atoms with Gasteiger partial charge in [-0.25, -0.2) is 4.39 Å². The lowest BCUT2D eigenvalue weighted by molar-refractivity contribution is -0.142. The Morgan fingerprint density at radius 1 is 1.40 bits per heavy atom. The maximum atomic E-state index is 13.9. The number of phenols is 1. The molecule has 0 fully saturated rings. The van der Waals surface area contributed by atoms with E-state index >= 15 is 0 Å². The first-order chi connectivity index (χ1) is 9.56. The Morgan fingerprint density at radius 2 is 2.20 bits per heavy atom. The molecule has 0 saturated heterocycles. The summed E-state index contributed by atoms with van der Waals surface area (Å²) in [6, 6.07) is 3.76. The van der Waals surface area contributed by atoms with Crippen molar-refractivity contribution >= 4 is 5.97 Å². The van der Waals surface area contributed by atoms with E-state index in [4.69, 9.17) is 5.11 Å². The van der Waals surface area contributed by atoms with Gasteiger partial charge in [-0.05, 0) is 18.6 Å². The van der Waals surface area contributed by atoms with Gasteiger partial charge in [-0.15, -0.1) is 10.2 Å². The molecule has 20 heavy (non-hydrogen) atoms. The number of halogens is 1.